The number of aliphatic hydroxyl groups is 2. The number of rotatable bonds is 8. The van der Waals surface area contributed by atoms with Gasteiger partial charge >= 0.3 is 0 Å². The molecule has 0 saturated carbocycles. The van der Waals surface area contributed by atoms with E-state index < -0.39 is 6.10 Å². The number of benzene rings is 1. The summed E-state index contributed by atoms with van der Waals surface area (Å²) in [5.41, 5.74) is 1.09. The summed E-state index contributed by atoms with van der Waals surface area (Å²) in [4.78, 5) is 1.98. The lowest BCUT2D eigenvalue weighted by molar-refractivity contribution is 0.0669. The molecule has 1 atom stereocenters. The van der Waals surface area contributed by atoms with Crippen molar-refractivity contribution in [1.82, 2.24) is 4.90 Å². The van der Waals surface area contributed by atoms with Crippen LogP contribution in [0.15, 0.2) is 18.2 Å². The first-order chi connectivity index (χ1) is 9.10. The fraction of sp³-hybridized carbons (Fsp3) is 0.571. The van der Waals surface area contributed by atoms with E-state index in [2.05, 4.69) is 0 Å². The van der Waals surface area contributed by atoms with E-state index in [0.717, 1.165) is 30.0 Å². The van der Waals surface area contributed by atoms with Crippen molar-refractivity contribution < 1.29 is 19.7 Å². The highest BCUT2D eigenvalue weighted by Crippen LogP contribution is 2.24. The van der Waals surface area contributed by atoms with Crippen LogP contribution in [0.25, 0.3) is 0 Å². The van der Waals surface area contributed by atoms with Crippen LogP contribution in [0.4, 0.5) is 0 Å². The van der Waals surface area contributed by atoms with Crippen molar-refractivity contribution in [3.63, 3.8) is 0 Å². The second kappa shape index (κ2) is 7.99. The number of aliphatic hydroxyl groups excluding tert-OH is 2. The van der Waals surface area contributed by atoms with Crippen LogP contribution in [0.2, 0.25) is 0 Å². The molecular formula is C14H23NO4. The van der Waals surface area contributed by atoms with Gasteiger partial charge in [0.2, 0.25) is 0 Å². The molecule has 1 unspecified atom stereocenters. The predicted octanol–water partition coefficient (Wildman–Crippen LogP) is 0.531. The summed E-state index contributed by atoms with van der Waals surface area (Å²) < 4.78 is 10.5. The Labute approximate surface area is 114 Å². The minimum Gasteiger partial charge on any atom is -0.497 e. The lowest BCUT2D eigenvalue weighted by atomic mass is 10.1. The molecule has 19 heavy (non-hydrogen) atoms. The number of hydrogen-bond acceptors (Lipinski definition) is 5. The third-order valence-electron chi connectivity index (χ3n) is 2.99. The van der Waals surface area contributed by atoms with Crippen LogP contribution in [0.3, 0.4) is 0 Å². The zero-order valence-corrected chi connectivity index (χ0v) is 11.8. The van der Waals surface area contributed by atoms with Gasteiger partial charge in [-0.3, -0.25) is 0 Å². The molecule has 0 radical (unpaired) electrons. The van der Waals surface area contributed by atoms with Crippen molar-refractivity contribution in [3.8, 4) is 11.5 Å². The Hall–Kier alpha value is -1.30. The van der Waals surface area contributed by atoms with Crippen molar-refractivity contribution >= 4 is 0 Å². The molecule has 0 spiro atoms. The molecule has 1 aromatic carbocycles. The highest BCUT2D eigenvalue weighted by atomic mass is 16.5. The first-order valence-electron chi connectivity index (χ1n) is 6.29. The van der Waals surface area contributed by atoms with Gasteiger partial charge in [-0.1, -0.05) is 6.07 Å². The van der Waals surface area contributed by atoms with Crippen LogP contribution in [-0.2, 0) is 6.42 Å². The molecule has 1 rings (SSSR count). The van der Waals surface area contributed by atoms with Gasteiger partial charge in [0.15, 0.2) is 0 Å². The molecule has 0 aliphatic carbocycles. The van der Waals surface area contributed by atoms with Crippen molar-refractivity contribution in [2.75, 3.05) is 41.0 Å². The third kappa shape index (κ3) is 5.06. The summed E-state index contributed by atoms with van der Waals surface area (Å²) >= 11 is 0. The molecular weight excluding hydrogens is 246 g/mol. The second-order valence-corrected chi connectivity index (χ2v) is 4.53. The van der Waals surface area contributed by atoms with Crippen LogP contribution in [-0.4, -0.2) is 62.2 Å². The monoisotopic (exact) mass is 269 g/mol. The highest BCUT2D eigenvalue weighted by molar-refractivity contribution is 5.40. The summed E-state index contributed by atoms with van der Waals surface area (Å²) in [7, 11) is 5.17. The van der Waals surface area contributed by atoms with Crippen LogP contribution < -0.4 is 9.47 Å². The number of ether oxygens (including phenoxy) is 2. The Kier molecular flexibility index (Phi) is 6.62. The van der Waals surface area contributed by atoms with Crippen LogP contribution in [0, 0.1) is 0 Å². The molecule has 0 saturated heterocycles. The van der Waals surface area contributed by atoms with Gasteiger partial charge in [0.1, 0.15) is 11.5 Å². The zero-order valence-electron chi connectivity index (χ0n) is 11.8. The molecule has 108 valence electrons. The normalized spacial score (nSPS) is 12.5. The molecule has 2 N–H and O–H groups in total. The van der Waals surface area contributed by atoms with Gasteiger partial charge in [0, 0.05) is 19.2 Å². The summed E-state index contributed by atoms with van der Waals surface area (Å²) in [6, 6.07) is 5.74. The van der Waals surface area contributed by atoms with Crippen molar-refractivity contribution in [2.24, 2.45) is 0 Å². The van der Waals surface area contributed by atoms with Crippen LogP contribution >= 0.6 is 0 Å². The van der Waals surface area contributed by atoms with E-state index >= 15 is 0 Å². The summed E-state index contributed by atoms with van der Waals surface area (Å²) in [5.74, 6) is 1.57. The SMILES string of the molecule is COc1ccc(CCN(C)CC(O)CO)c(OC)c1. The number of likely N-dealkylation sites (N-methyl/N-ethyl adjacent to an activating group) is 1. The van der Waals surface area contributed by atoms with Gasteiger partial charge in [0.25, 0.3) is 0 Å². The van der Waals surface area contributed by atoms with E-state index in [1.807, 2.05) is 30.1 Å². The van der Waals surface area contributed by atoms with Crippen molar-refractivity contribution in [2.45, 2.75) is 12.5 Å². The molecule has 0 aromatic heterocycles. The Morgan fingerprint density at radius 3 is 2.58 bits per heavy atom. The van der Waals surface area contributed by atoms with Crippen LogP contribution in [0.1, 0.15) is 5.56 Å². The fourth-order valence-electron chi connectivity index (χ4n) is 1.88. The minimum absolute atomic E-state index is 0.212. The van der Waals surface area contributed by atoms with Crippen molar-refractivity contribution in [1.29, 1.82) is 0 Å². The molecule has 0 aliphatic heterocycles. The Morgan fingerprint density at radius 1 is 1.26 bits per heavy atom. The maximum absolute atomic E-state index is 9.36. The summed E-state index contributed by atoms with van der Waals surface area (Å²) in [6.45, 7) is 1.02. The van der Waals surface area contributed by atoms with E-state index in [1.165, 1.54) is 0 Å². The molecule has 0 fully saturated rings. The van der Waals surface area contributed by atoms with Gasteiger partial charge in [0.05, 0.1) is 26.9 Å². The third-order valence-corrected chi connectivity index (χ3v) is 2.99. The quantitative estimate of drug-likeness (QED) is 0.721. The van der Waals surface area contributed by atoms with Gasteiger partial charge in [-0.2, -0.15) is 0 Å². The highest BCUT2D eigenvalue weighted by Gasteiger charge is 2.09. The lowest BCUT2D eigenvalue weighted by Crippen LogP contribution is -2.32. The maximum Gasteiger partial charge on any atom is 0.125 e. The summed E-state index contributed by atoms with van der Waals surface area (Å²) in [5, 5.41) is 18.2. The first-order valence-corrected chi connectivity index (χ1v) is 6.29. The maximum atomic E-state index is 9.36. The molecule has 0 amide bonds. The zero-order chi connectivity index (χ0) is 14.3. The molecule has 5 nitrogen and oxygen atoms in total. The number of nitrogens with zero attached hydrogens (tertiary/aromatic N) is 1. The topological polar surface area (TPSA) is 62.2 Å². The van der Waals surface area contributed by atoms with Gasteiger partial charge in [-0.05, 0) is 25.1 Å². The molecule has 0 heterocycles. The van der Waals surface area contributed by atoms with Crippen molar-refractivity contribution in [3.05, 3.63) is 23.8 Å². The minimum atomic E-state index is -0.692. The average molecular weight is 269 g/mol. The van der Waals surface area contributed by atoms with E-state index in [4.69, 9.17) is 14.6 Å². The second-order valence-electron chi connectivity index (χ2n) is 4.53. The predicted molar refractivity (Wildman–Crippen MR) is 73.8 cm³/mol. The Morgan fingerprint density at radius 2 is 2.00 bits per heavy atom. The van der Waals surface area contributed by atoms with E-state index in [9.17, 15) is 5.11 Å². The number of methoxy groups -OCH3 is 2. The van der Waals surface area contributed by atoms with Gasteiger partial charge in [-0.15, -0.1) is 0 Å². The standard InChI is InChI=1S/C14H23NO4/c1-15(9-12(17)10-16)7-6-11-4-5-13(18-2)8-14(11)19-3/h4-5,8,12,16-17H,6-7,9-10H2,1-3H3. The molecule has 5 heteroatoms. The molecule has 1 aromatic rings. The van der Waals surface area contributed by atoms with E-state index in [-0.39, 0.29) is 6.61 Å². The fourth-order valence-corrected chi connectivity index (χ4v) is 1.88. The molecule has 0 aliphatic rings. The first kappa shape index (κ1) is 15.8. The average Bonchev–Trinajstić information content (AvgIpc) is 2.44. The largest absolute Gasteiger partial charge is 0.497 e. The molecule has 0 bridgehead atoms. The lowest BCUT2D eigenvalue weighted by Gasteiger charge is -2.20. The van der Waals surface area contributed by atoms with Crippen LogP contribution in [0.5, 0.6) is 11.5 Å². The van der Waals surface area contributed by atoms with E-state index in [1.54, 1.807) is 14.2 Å². The smallest absolute Gasteiger partial charge is 0.125 e. The van der Waals surface area contributed by atoms with Gasteiger partial charge < -0.3 is 24.6 Å². The van der Waals surface area contributed by atoms with Gasteiger partial charge in [-0.25, -0.2) is 0 Å². The summed E-state index contributed by atoms with van der Waals surface area (Å²) in [6.07, 6.45) is 0.115. The Bertz CT molecular complexity index is 384. The Balaban J connectivity index is 2.57. The van der Waals surface area contributed by atoms with E-state index in [0.29, 0.717) is 6.54 Å². The number of hydrogen-bond donors (Lipinski definition) is 2.